The highest BCUT2D eigenvalue weighted by atomic mass is 16.1. The molecule has 0 aliphatic heterocycles. The number of aromatic nitrogens is 2. The van der Waals surface area contributed by atoms with Gasteiger partial charge in [0.1, 0.15) is 0 Å². The first kappa shape index (κ1) is 14.2. The molecule has 0 radical (unpaired) electrons. The van der Waals surface area contributed by atoms with E-state index in [0.29, 0.717) is 11.5 Å². The lowest BCUT2D eigenvalue weighted by Crippen LogP contribution is -2.15. The third-order valence-corrected chi connectivity index (χ3v) is 3.03. The summed E-state index contributed by atoms with van der Waals surface area (Å²) in [5.41, 5.74) is 2.69. The van der Waals surface area contributed by atoms with Gasteiger partial charge in [0.25, 0.3) is 5.91 Å². The van der Waals surface area contributed by atoms with Crippen LogP contribution in [0.2, 0.25) is 0 Å². The fourth-order valence-corrected chi connectivity index (χ4v) is 1.80. The molecule has 2 aromatic rings. The molecule has 0 aliphatic rings. The Balaban J connectivity index is 2.14. The summed E-state index contributed by atoms with van der Waals surface area (Å²) in [6, 6.07) is 9.39. The maximum atomic E-state index is 12.1. The van der Waals surface area contributed by atoms with Crippen molar-refractivity contribution < 1.29 is 4.79 Å². The summed E-state index contributed by atoms with van der Waals surface area (Å²) in [6.07, 6.45) is 1.63. The molecule has 1 N–H and O–H groups in total. The molecule has 104 valence electrons. The summed E-state index contributed by atoms with van der Waals surface area (Å²) in [6.45, 7) is 8.28. The summed E-state index contributed by atoms with van der Waals surface area (Å²) in [5.74, 6) is 0.131. The molecule has 0 bridgehead atoms. The van der Waals surface area contributed by atoms with Gasteiger partial charge in [-0.2, -0.15) is 0 Å². The van der Waals surface area contributed by atoms with E-state index < -0.39 is 0 Å². The summed E-state index contributed by atoms with van der Waals surface area (Å²) in [7, 11) is 0. The van der Waals surface area contributed by atoms with Gasteiger partial charge in [-0.05, 0) is 36.1 Å². The highest BCUT2D eigenvalue weighted by Crippen LogP contribution is 2.22. The number of amides is 1. The molecule has 0 saturated carbocycles. The number of rotatable bonds is 2. The number of hydrogen-bond donors (Lipinski definition) is 1. The number of carbonyl (C=O) groups excluding carboxylic acids is 1. The van der Waals surface area contributed by atoms with E-state index in [9.17, 15) is 4.79 Å². The van der Waals surface area contributed by atoms with Gasteiger partial charge in [-0.1, -0.05) is 32.9 Å². The molecule has 0 aliphatic carbocycles. The smallest absolute Gasteiger partial charge is 0.258 e. The van der Waals surface area contributed by atoms with Crippen molar-refractivity contribution in [3.8, 4) is 0 Å². The van der Waals surface area contributed by atoms with Gasteiger partial charge < -0.3 is 0 Å². The lowest BCUT2D eigenvalue weighted by Gasteiger charge is -2.18. The van der Waals surface area contributed by atoms with Crippen molar-refractivity contribution in [2.45, 2.75) is 33.1 Å². The second kappa shape index (κ2) is 5.41. The molecule has 1 aromatic carbocycles. The van der Waals surface area contributed by atoms with E-state index >= 15 is 0 Å². The molecule has 0 spiro atoms. The van der Waals surface area contributed by atoms with Crippen molar-refractivity contribution in [1.82, 2.24) is 9.97 Å². The van der Waals surface area contributed by atoms with E-state index in [1.165, 1.54) is 5.56 Å². The number of benzene rings is 1. The van der Waals surface area contributed by atoms with Gasteiger partial charge in [0.05, 0.1) is 0 Å². The van der Waals surface area contributed by atoms with Crippen LogP contribution in [0.15, 0.2) is 36.5 Å². The zero-order chi connectivity index (χ0) is 14.8. The molecule has 0 unspecified atom stereocenters. The highest BCUT2D eigenvalue weighted by Gasteiger charge is 2.14. The molecule has 0 atom stereocenters. The SMILES string of the molecule is Cc1ccnc(NC(=O)c2ccc(C(C)(C)C)cc2)n1. The molecule has 2 rings (SSSR count). The van der Waals surface area contributed by atoms with E-state index in [0.717, 1.165) is 5.69 Å². The number of nitrogens with one attached hydrogen (secondary N) is 1. The minimum absolute atomic E-state index is 0.0780. The lowest BCUT2D eigenvalue weighted by molar-refractivity contribution is 0.102. The first-order valence-corrected chi connectivity index (χ1v) is 6.58. The van der Waals surface area contributed by atoms with Gasteiger partial charge in [-0.15, -0.1) is 0 Å². The molecule has 20 heavy (non-hydrogen) atoms. The van der Waals surface area contributed by atoms with Gasteiger partial charge in [-0.25, -0.2) is 9.97 Å². The second-order valence-corrected chi connectivity index (χ2v) is 5.80. The molecule has 4 nitrogen and oxygen atoms in total. The fraction of sp³-hybridized carbons (Fsp3) is 0.312. The number of hydrogen-bond acceptors (Lipinski definition) is 3. The molecule has 1 aromatic heterocycles. The first-order valence-electron chi connectivity index (χ1n) is 6.58. The van der Waals surface area contributed by atoms with Crippen LogP contribution in [0.1, 0.15) is 42.4 Å². The molecule has 0 fully saturated rings. The lowest BCUT2D eigenvalue weighted by atomic mass is 9.87. The van der Waals surface area contributed by atoms with Crippen LogP contribution in [0, 0.1) is 6.92 Å². The monoisotopic (exact) mass is 269 g/mol. The Morgan fingerprint density at radius 1 is 1.10 bits per heavy atom. The van der Waals surface area contributed by atoms with Gasteiger partial charge >= 0.3 is 0 Å². The number of anilines is 1. The Bertz CT molecular complexity index is 612. The Morgan fingerprint density at radius 2 is 1.75 bits per heavy atom. The number of nitrogens with zero attached hydrogens (tertiary/aromatic N) is 2. The van der Waals surface area contributed by atoms with Crippen LogP contribution >= 0.6 is 0 Å². The normalized spacial score (nSPS) is 11.2. The fourth-order valence-electron chi connectivity index (χ4n) is 1.80. The average molecular weight is 269 g/mol. The third-order valence-electron chi connectivity index (χ3n) is 3.03. The molecule has 1 heterocycles. The molecule has 1 amide bonds. The maximum absolute atomic E-state index is 12.1. The van der Waals surface area contributed by atoms with Crippen LogP contribution < -0.4 is 5.32 Å². The molecular formula is C16H19N3O. The molecule has 4 heteroatoms. The highest BCUT2D eigenvalue weighted by molar-refractivity contribution is 6.03. The molecule has 0 saturated heterocycles. The van der Waals surface area contributed by atoms with Crippen LogP contribution in [0.5, 0.6) is 0 Å². The van der Waals surface area contributed by atoms with Crippen LogP contribution in [-0.2, 0) is 5.41 Å². The number of carbonyl (C=O) groups is 1. The van der Waals surface area contributed by atoms with Gasteiger partial charge in [-0.3, -0.25) is 10.1 Å². The number of aryl methyl sites for hydroxylation is 1. The van der Waals surface area contributed by atoms with Crippen molar-refractivity contribution in [2.24, 2.45) is 0 Å². The van der Waals surface area contributed by atoms with Gasteiger partial charge in [0.2, 0.25) is 5.95 Å². The van der Waals surface area contributed by atoms with E-state index in [4.69, 9.17) is 0 Å². The predicted octanol–water partition coefficient (Wildman–Crippen LogP) is 3.33. The largest absolute Gasteiger partial charge is 0.290 e. The van der Waals surface area contributed by atoms with Gasteiger partial charge in [0, 0.05) is 17.5 Å². The Labute approximate surface area is 119 Å². The maximum Gasteiger partial charge on any atom is 0.258 e. The second-order valence-electron chi connectivity index (χ2n) is 5.80. The van der Waals surface area contributed by atoms with E-state index in [-0.39, 0.29) is 11.3 Å². The van der Waals surface area contributed by atoms with Crippen LogP contribution in [0.25, 0.3) is 0 Å². The van der Waals surface area contributed by atoms with Gasteiger partial charge in [0.15, 0.2) is 0 Å². The molecular weight excluding hydrogens is 250 g/mol. The minimum atomic E-state index is -0.198. The van der Waals surface area contributed by atoms with E-state index in [1.54, 1.807) is 12.3 Å². The summed E-state index contributed by atoms with van der Waals surface area (Å²) in [4.78, 5) is 20.3. The van der Waals surface area contributed by atoms with Crippen molar-refractivity contribution in [2.75, 3.05) is 5.32 Å². The third kappa shape index (κ3) is 3.41. The summed E-state index contributed by atoms with van der Waals surface area (Å²) < 4.78 is 0. The van der Waals surface area contributed by atoms with E-state index in [1.807, 2.05) is 31.2 Å². The van der Waals surface area contributed by atoms with Crippen molar-refractivity contribution in [3.63, 3.8) is 0 Å². The standard InChI is InChI=1S/C16H19N3O/c1-11-9-10-17-15(18-11)19-14(20)12-5-7-13(8-6-12)16(2,3)4/h5-10H,1-4H3,(H,17,18,19,20). The Hall–Kier alpha value is -2.23. The Morgan fingerprint density at radius 3 is 2.30 bits per heavy atom. The van der Waals surface area contributed by atoms with Crippen molar-refractivity contribution >= 4 is 11.9 Å². The summed E-state index contributed by atoms with van der Waals surface area (Å²) in [5, 5.41) is 2.70. The zero-order valence-electron chi connectivity index (χ0n) is 12.3. The predicted molar refractivity (Wildman–Crippen MR) is 79.9 cm³/mol. The zero-order valence-corrected chi connectivity index (χ0v) is 12.3. The van der Waals surface area contributed by atoms with Crippen LogP contribution in [0.3, 0.4) is 0 Å². The van der Waals surface area contributed by atoms with Crippen LogP contribution in [0.4, 0.5) is 5.95 Å². The Kier molecular flexibility index (Phi) is 3.84. The minimum Gasteiger partial charge on any atom is -0.290 e. The van der Waals surface area contributed by atoms with Crippen molar-refractivity contribution in [1.29, 1.82) is 0 Å². The summed E-state index contributed by atoms with van der Waals surface area (Å²) >= 11 is 0. The first-order chi connectivity index (χ1) is 9.36. The van der Waals surface area contributed by atoms with Crippen LogP contribution in [-0.4, -0.2) is 15.9 Å². The topological polar surface area (TPSA) is 54.9 Å². The van der Waals surface area contributed by atoms with Crippen molar-refractivity contribution in [3.05, 3.63) is 53.3 Å². The average Bonchev–Trinajstić information content (AvgIpc) is 2.38. The quantitative estimate of drug-likeness (QED) is 0.909. The van der Waals surface area contributed by atoms with E-state index in [2.05, 4.69) is 36.1 Å².